The quantitative estimate of drug-likeness (QED) is 0.369. The molecule has 50 valence electrons. The number of rotatable bonds is 1. The summed E-state index contributed by atoms with van der Waals surface area (Å²) in [6.07, 6.45) is 3.34. The van der Waals surface area contributed by atoms with E-state index in [1.54, 1.807) is 0 Å². The maximum absolute atomic E-state index is 4.04. The number of hydrogen-bond acceptors (Lipinski definition) is 0. The van der Waals surface area contributed by atoms with Crippen LogP contribution in [0.25, 0.3) is 0 Å². The van der Waals surface area contributed by atoms with Gasteiger partial charge in [-0.2, -0.15) is 0 Å². The average molecular weight is 121 g/mol. The van der Waals surface area contributed by atoms with Gasteiger partial charge in [-0.05, 0) is 18.9 Å². The van der Waals surface area contributed by atoms with Crippen molar-refractivity contribution < 1.29 is 0 Å². The Morgan fingerprint density at radius 1 is 1.78 bits per heavy atom. The second-order valence-corrected chi connectivity index (χ2v) is 2.67. The van der Waals surface area contributed by atoms with E-state index in [2.05, 4.69) is 32.6 Å². The molecule has 0 fully saturated rings. The van der Waals surface area contributed by atoms with Gasteiger partial charge in [-0.1, -0.05) is 18.9 Å². The van der Waals surface area contributed by atoms with Crippen molar-refractivity contribution in [2.75, 3.05) is 0 Å². The van der Waals surface area contributed by atoms with Crippen LogP contribution in [0.1, 0.15) is 20.3 Å². The summed E-state index contributed by atoms with van der Waals surface area (Å²) in [7, 11) is 0. The van der Waals surface area contributed by atoms with Crippen LogP contribution in [0.15, 0.2) is 17.4 Å². The summed E-state index contributed by atoms with van der Waals surface area (Å²) >= 11 is 0. The molecule has 0 aliphatic heterocycles. The van der Waals surface area contributed by atoms with Crippen LogP contribution in [0.3, 0.4) is 0 Å². The SMILES string of the molecule is [CH2-]C1C(C)=C=CC1CC. The van der Waals surface area contributed by atoms with Crippen LogP contribution < -0.4 is 0 Å². The lowest BCUT2D eigenvalue weighted by Gasteiger charge is -2.19. The summed E-state index contributed by atoms with van der Waals surface area (Å²) < 4.78 is 0. The van der Waals surface area contributed by atoms with Gasteiger partial charge < -0.3 is 6.92 Å². The van der Waals surface area contributed by atoms with Crippen molar-refractivity contribution in [3.63, 3.8) is 0 Å². The van der Waals surface area contributed by atoms with Crippen LogP contribution >= 0.6 is 0 Å². The van der Waals surface area contributed by atoms with Crippen LogP contribution in [0.5, 0.6) is 0 Å². The molecule has 0 aromatic carbocycles. The van der Waals surface area contributed by atoms with Gasteiger partial charge in [-0.25, -0.2) is 0 Å². The molecular formula is C9H13-. The lowest BCUT2D eigenvalue weighted by atomic mass is 9.91. The molecule has 0 heteroatoms. The highest BCUT2D eigenvalue weighted by atomic mass is 14.2. The topological polar surface area (TPSA) is 0 Å². The summed E-state index contributed by atoms with van der Waals surface area (Å²) in [5.41, 5.74) is 4.51. The first-order chi connectivity index (χ1) is 4.25. The van der Waals surface area contributed by atoms with Crippen molar-refractivity contribution in [1.29, 1.82) is 0 Å². The molecule has 1 rings (SSSR count). The van der Waals surface area contributed by atoms with Gasteiger partial charge in [0.1, 0.15) is 0 Å². The highest BCUT2D eigenvalue weighted by Gasteiger charge is 2.11. The second kappa shape index (κ2) is 2.41. The standard InChI is InChI=1S/C9H13/c1-4-9-6-5-7(2)8(9)3/h6,8-9H,3-4H2,1-2H3/q-1. The van der Waals surface area contributed by atoms with Gasteiger partial charge in [0, 0.05) is 0 Å². The van der Waals surface area contributed by atoms with E-state index < -0.39 is 0 Å². The third-order valence-electron chi connectivity index (χ3n) is 2.07. The third kappa shape index (κ3) is 1.09. The lowest BCUT2D eigenvalue weighted by molar-refractivity contribution is 0.531. The minimum atomic E-state index is 0.495. The Kier molecular flexibility index (Phi) is 1.78. The van der Waals surface area contributed by atoms with Crippen molar-refractivity contribution in [3.05, 3.63) is 24.3 Å². The maximum Gasteiger partial charge on any atom is -0.0364 e. The Morgan fingerprint density at radius 2 is 2.44 bits per heavy atom. The molecule has 0 saturated heterocycles. The number of hydrogen-bond donors (Lipinski definition) is 0. The van der Waals surface area contributed by atoms with Crippen molar-refractivity contribution in [3.8, 4) is 0 Å². The second-order valence-electron chi connectivity index (χ2n) is 2.67. The molecule has 0 aromatic rings. The smallest absolute Gasteiger partial charge is 0.0364 e. The molecule has 0 heterocycles. The Balaban J connectivity index is 2.63. The minimum Gasteiger partial charge on any atom is -0.335 e. The maximum atomic E-state index is 4.04. The first kappa shape index (κ1) is 6.64. The van der Waals surface area contributed by atoms with Gasteiger partial charge in [0.2, 0.25) is 0 Å². The first-order valence-corrected chi connectivity index (χ1v) is 3.52. The predicted molar refractivity (Wildman–Crippen MR) is 39.9 cm³/mol. The zero-order valence-corrected chi connectivity index (χ0v) is 6.15. The predicted octanol–water partition coefficient (Wildman–Crippen LogP) is 2.58. The molecule has 0 amide bonds. The Bertz CT molecular complexity index is 159. The van der Waals surface area contributed by atoms with Crippen LogP contribution in [0, 0.1) is 18.8 Å². The molecule has 0 N–H and O–H groups in total. The van der Waals surface area contributed by atoms with E-state index in [0.29, 0.717) is 11.8 Å². The average Bonchev–Trinajstić information content (AvgIpc) is 2.15. The van der Waals surface area contributed by atoms with E-state index >= 15 is 0 Å². The van der Waals surface area contributed by atoms with Gasteiger partial charge in [0.25, 0.3) is 0 Å². The first-order valence-electron chi connectivity index (χ1n) is 3.52. The van der Waals surface area contributed by atoms with E-state index in [0.717, 1.165) is 0 Å². The van der Waals surface area contributed by atoms with Crippen LogP contribution in [-0.2, 0) is 0 Å². The van der Waals surface area contributed by atoms with Crippen LogP contribution in [-0.4, -0.2) is 0 Å². The normalized spacial score (nSPS) is 33.0. The Labute approximate surface area is 57.3 Å². The van der Waals surface area contributed by atoms with Gasteiger partial charge in [-0.15, -0.1) is 11.6 Å². The molecule has 0 aromatic heterocycles. The highest BCUT2D eigenvalue weighted by molar-refractivity contribution is 5.16. The summed E-state index contributed by atoms with van der Waals surface area (Å²) in [6, 6.07) is 0. The molecule has 2 unspecified atom stereocenters. The van der Waals surface area contributed by atoms with Crippen molar-refractivity contribution >= 4 is 0 Å². The molecule has 1 aliphatic rings. The zero-order valence-electron chi connectivity index (χ0n) is 6.15. The largest absolute Gasteiger partial charge is 0.335 e. The van der Waals surface area contributed by atoms with E-state index in [1.165, 1.54) is 12.0 Å². The van der Waals surface area contributed by atoms with E-state index in [9.17, 15) is 0 Å². The molecule has 9 heavy (non-hydrogen) atoms. The molecule has 2 atom stereocenters. The Morgan fingerprint density at radius 3 is 2.67 bits per heavy atom. The van der Waals surface area contributed by atoms with Gasteiger partial charge >= 0.3 is 0 Å². The lowest BCUT2D eigenvalue weighted by Crippen LogP contribution is -2.04. The molecule has 0 radical (unpaired) electrons. The van der Waals surface area contributed by atoms with Crippen molar-refractivity contribution in [1.82, 2.24) is 0 Å². The zero-order chi connectivity index (χ0) is 6.85. The van der Waals surface area contributed by atoms with Gasteiger partial charge in [0.05, 0.1) is 0 Å². The van der Waals surface area contributed by atoms with Crippen LogP contribution in [0.4, 0.5) is 0 Å². The highest BCUT2D eigenvalue weighted by Crippen LogP contribution is 2.27. The Hall–Kier alpha value is -0.480. The third-order valence-corrected chi connectivity index (χ3v) is 2.07. The van der Waals surface area contributed by atoms with Crippen molar-refractivity contribution in [2.45, 2.75) is 20.3 Å². The minimum absolute atomic E-state index is 0.495. The molecule has 0 spiro atoms. The van der Waals surface area contributed by atoms with E-state index in [-0.39, 0.29) is 0 Å². The fraction of sp³-hybridized carbons (Fsp3) is 0.556. The molecule has 0 bridgehead atoms. The fourth-order valence-electron chi connectivity index (χ4n) is 1.19. The molecule has 1 aliphatic carbocycles. The number of allylic oxidation sites excluding steroid dienone is 1. The van der Waals surface area contributed by atoms with Gasteiger partial charge in [-0.3, -0.25) is 0 Å². The molecule has 0 saturated carbocycles. The summed E-state index contributed by atoms with van der Waals surface area (Å²) in [5.74, 6) is 1.15. The fourth-order valence-corrected chi connectivity index (χ4v) is 1.19. The summed E-state index contributed by atoms with van der Waals surface area (Å²) in [4.78, 5) is 0. The van der Waals surface area contributed by atoms with E-state index in [4.69, 9.17) is 0 Å². The molecular weight excluding hydrogens is 108 g/mol. The molecule has 0 nitrogen and oxygen atoms in total. The summed E-state index contributed by atoms with van der Waals surface area (Å²) in [5, 5.41) is 0. The summed E-state index contributed by atoms with van der Waals surface area (Å²) in [6.45, 7) is 8.34. The van der Waals surface area contributed by atoms with Crippen molar-refractivity contribution in [2.24, 2.45) is 11.8 Å². The monoisotopic (exact) mass is 121 g/mol. The van der Waals surface area contributed by atoms with E-state index in [1.807, 2.05) is 0 Å². The van der Waals surface area contributed by atoms with Gasteiger partial charge in [0.15, 0.2) is 0 Å². The van der Waals surface area contributed by atoms with Crippen LogP contribution in [0.2, 0.25) is 0 Å².